The van der Waals surface area contributed by atoms with Gasteiger partial charge in [0.2, 0.25) is 0 Å². The maximum atomic E-state index is 13.6. The normalized spacial score (nSPS) is 32.9. The number of carbonyl (C=O) groups is 2. The molecule has 0 N–H and O–H groups in total. The molecule has 4 bridgehead atoms. The highest BCUT2D eigenvalue weighted by atomic mass is 16.5. The highest BCUT2D eigenvalue weighted by Crippen LogP contribution is 2.53. The number of anilines is 2. The second-order valence-corrected chi connectivity index (χ2v) is 16.5. The predicted octanol–water partition coefficient (Wildman–Crippen LogP) is 4.87. The van der Waals surface area contributed by atoms with Crippen molar-refractivity contribution >= 4 is 23.2 Å². The molecule has 3 aliphatic heterocycles. The van der Waals surface area contributed by atoms with E-state index in [2.05, 4.69) is 58.4 Å². The van der Waals surface area contributed by atoms with Gasteiger partial charge in [-0.25, -0.2) is 0 Å². The lowest BCUT2D eigenvalue weighted by atomic mass is 9.86. The third-order valence-corrected chi connectivity index (χ3v) is 13.6. The van der Waals surface area contributed by atoms with Gasteiger partial charge in [-0.2, -0.15) is 0 Å². The van der Waals surface area contributed by atoms with Crippen LogP contribution in [0.4, 0.5) is 11.4 Å². The third-order valence-electron chi connectivity index (χ3n) is 13.6. The fourth-order valence-electron chi connectivity index (χ4n) is 10.7. The van der Waals surface area contributed by atoms with Crippen molar-refractivity contribution in [1.82, 2.24) is 9.80 Å². The lowest BCUT2D eigenvalue weighted by molar-refractivity contribution is 0.00889. The molecule has 8 atom stereocenters. The van der Waals surface area contributed by atoms with E-state index in [1.54, 1.807) is 0 Å². The minimum Gasteiger partial charge on any atom is -0.377 e. The third kappa shape index (κ3) is 7.47. The van der Waals surface area contributed by atoms with E-state index in [-0.39, 0.29) is 11.8 Å². The summed E-state index contributed by atoms with van der Waals surface area (Å²) in [6, 6.07) is 16.3. The van der Waals surface area contributed by atoms with E-state index < -0.39 is 0 Å². The van der Waals surface area contributed by atoms with Crippen LogP contribution < -0.4 is 9.80 Å². The largest absolute Gasteiger partial charge is 0.377 e. The summed E-state index contributed by atoms with van der Waals surface area (Å²) in [5.74, 6) is 6.07. The second-order valence-electron chi connectivity index (χ2n) is 16.5. The highest BCUT2D eigenvalue weighted by molar-refractivity contribution is 5.95. The van der Waals surface area contributed by atoms with E-state index in [1.807, 2.05) is 34.1 Å². The van der Waals surface area contributed by atoms with Gasteiger partial charge in [0.25, 0.3) is 11.8 Å². The molecule has 0 radical (unpaired) electrons. The van der Waals surface area contributed by atoms with Crippen LogP contribution in [0.2, 0.25) is 0 Å². The zero-order valence-electron chi connectivity index (χ0n) is 31.5. The van der Waals surface area contributed by atoms with Gasteiger partial charge in [-0.05, 0) is 109 Å². The minimum atomic E-state index is -0.0155. The molecule has 3 heterocycles. The van der Waals surface area contributed by atoms with Crippen LogP contribution in [0.3, 0.4) is 0 Å². The van der Waals surface area contributed by atoms with Crippen molar-refractivity contribution in [3.63, 3.8) is 0 Å². The van der Waals surface area contributed by atoms with E-state index >= 15 is 0 Å². The van der Waals surface area contributed by atoms with Crippen LogP contribution in [0.25, 0.3) is 0 Å². The molecule has 10 nitrogen and oxygen atoms in total. The maximum absolute atomic E-state index is 13.6. The van der Waals surface area contributed by atoms with Crippen molar-refractivity contribution in [2.75, 3.05) is 115 Å². The maximum Gasteiger partial charge on any atom is 0.254 e. The second kappa shape index (κ2) is 16.2. The number of hydrogen-bond acceptors (Lipinski definition) is 8. The van der Waals surface area contributed by atoms with Crippen LogP contribution in [0, 0.1) is 47.3 Å². The van der Waals surface area contributed by atoms with Crippen molar-refractivity contribution in [2.45, 2.75) is 12.8 Å². The van der Waals surface area contributed by atoms with E-state index in [0.29, 0.717) is 90.2 Å². The highest BCUT2D eigenvalue weighted by Gasteiger charge is 2.50. The lowest BCUT2D eigenvalue weighted by Gasteiger charge is -2.25. The van der Waals surface area contributed by atoms with E-state index in [9.17, 15) is 9.59 Å². The van der Waals surface area contributed by atoms with Crippen LogP contribution in [0.1, 0.15) is 33.6 Å². The average molecular weight is 737 g/mol. The standard InChI is InChI=1S/C44H56N4O6/c49-43(31-5-9-37(10-6-31)47-27-39-33-1-2-34(25-33)40(39)28-47)45-13-17-51-21-23-53-19-15-46(16-20-54-24-22-52-18-14-45)44(50)32-7-11-38(12-8-32)48-29-41-35-3-4-36(26-35)42(41)30-48/h1-12,33-36,39-42H,13-30H2/t33-,34-,35-,36-,39?,40?,41?,42?/m1/s1. The molecule has 288 valence electrons. The Bertz CT molecular complexity index is 1500. The Morgan fingerprint density at radius 2 is 0.722 bits per heavy atom. The topological polar surface area (TPSA) is 84.0 Å². The first-order chi connectivity index (χ1) is 26.6. The van der Waals surface area contributed by atoms with Crippen molar-refractivity contribution in [3.05, 3.63) is 84.0 Å². The Kier molecular flexibility index (Phi) is 10.8. The Morgan fingerprint density at radius 3 is 1.02 bits per heavy atom. The van der Waals surface area contributed by atoms with Gasteiger partial charge >= 0.3 is 0 Å². The molecule has 4 unspecified atom stereocenters. The van der Waals surface area contributed by atoms with Gasteiger partial charge in [-0.3, -0.25) is 9.59 Å². The molecular weight excluding hydrogens is 681 g/mol. The van der Waals surface area contributed by atoms with Gasteiger partial charge < -0.3 is 38.5 Å². The molecule has 5 fully saturated rings. The fourth-order valence-corrected chi connectivity index (χ4v) is 10.7. The van der Waals surface area contributed by atoms with Crippen molar-refractivity contribution < 1.29 is 28.5 Å². The summed E-state index contributed by atoms with van der Waals surface area (Å²) in [6.45, 7) is 9.56. The first kappa shape index (κ1) is 36.0. The summed E-state index contributed by atoms with van der Waals surface area (Å²) in [7, 11) is 0. The number of amides is 2. The smallest absolute Gasteiger partial charge is 0.254 e. The molecule has 9 rings (SSSR count). The van der Waals surface area contributed by atoms with E-state index in [1.165, 1.54) is 24.2 Å². The number of rotatable bonds is 4. The summed E-state index contributed by atoms with van der Waals surface area (Å²) in [5.41, 5.74) is 3.78. The Morgan fingerprint density at radius 1 is 0.426 bits per heavy atom. The van der Waals surface area contributed by atoms with Gasteiger partial charge in [0.15, 0.2) is 0 Å². The summed E-state index contributed by atoms with van der Waals surface area (Å²) in [4.78, 5) is 35.9. The van der Waals surface area contributed by atoms with Gasteiger partial charge in [-0.15, -0.1) is 0 Å². The predicted molar refractivity (Wildman–Crippen MR) is 208 cm³/mol. The molecule has 0 spiro atoms. The summed E-state index contributed by atoms with van der Waals surface area (Å²) in [6.07, 6.45) is 12.4. The quantitative estimate of drug-likeness (QED) is 0.412. The van der Waals surface area contributed by atoms with Crippen LogP contribution in [0.15, 0.2) is 72.8 Å². The Balaban J connectivity index is 0.738. The summed E-state index contributed by atoms with van der Waals surface area (Å²) >= 11 is 0. The van der Waals surface area contributed by atoms with Gasteiger partial charge in [-0.1, -0.05) is 24.3 Å². The molecule has 7 aliphatic rings. The number of nitrogens with zero attached hydrogens (tertiary/aromatic N) is 4. The van der Waals surface area contributed by atoms with Gasteiger partial charge in [0.05, 0.1) is 52.9 Å². The lowest BCUT2D eigenvalue weighted by Crippen LogP contribution is -2.38. The first-order valence-corrected chi connectivity index (χ1v) is 20.6. The number of ether oxygens (including phenoxy) is 4. The zero-order valence-corrected chi connectivity index (χ0v) is 31.5. The van der Waals surface area contributed by atoms with Crippen LogP contribution in [-0.4, -0.2) is 127 Å². The number of allylic oxidation sites excluding steroid dienone is 4. The number of carbonyl (C=O) groups excluding carboxylic acids is 2. The molecule has 3 saturated heterocycles. The monoisotopic (exact) mass is 736 g/mol. The molecule has 2 saturated carbocycles. The molecule has 2 aromatic carbocycles. The van der Waals surface area contributed by atoms with Crippen LogP contribution in [-0.2, 0) is 18.9 Å². The van der Waals surface area contributed by atoms with Gasteiger partial charge in [0.1, 0.15) is 0 Å². The summed E-state index contributed by atoms with van der Waals surface area (Å²) < 4.78 is 23.6. The molecule has 2 amide bonds. The molecule has 54 heavy (non-hydrogen) atoms. The van der Waals surface area contributed by atoms with E-state index in [4.69, 9.17) is 18.9 Å². The van der Waals surface area contributed by atoms with Crippen LogP contribution in [0.5, 0.6) is 0 Å². The van der Waals surface area contributed by atoms with Crippen molar-refractivity contribution in [3.8, 4) is 0 Å². The summed E-state index contributed by atoms with van der Waals surface area (Å²) in [5, 5.41) is 0. The number of hydrogen-bond donors (Lipinski definition) is 0. The zero-order chi connectivity index (χ0) is 36.4. The molecule has 10 heteroatoms. The SMILES string of the molecule is O=C(c1ccc(N2CC3C(C2)[C@@H]2C=C[C@@H]3C2)cc1)N1CCOCCOCCN(C(=O)c2ccc(N3CC4C(C3)[C@@H]3C=C[C@@H]4C3)cc2)CCOCCOCC1. The molecule has 2 aromatic rings. The van der Waals surface area contributed by atoms with Gasteiger partial charge in [0, 0.05) is 74.9 Å². The number of benzene rings is 2. The Labute approximate surface area is 320 Å². The molecular formula is C44H56N4O6. The molecule has 4 aliphatic carbocycles. The van der Waals surface area contributed by atoms with Crippen molar-refractivity contribution in [2.24, 2.45) is 47.3 Å². The minimum absolute atomic E-state index is 0.0155. The van der Waals surface area contributed by atoms with E-state index in [0.717, 1.165) is 73.5 Å². The Hall–Kier alpha value is -3.70. The van der Waals surface area contributed by atoms with Crippen molar-refractivity contribution in [1.29, 1.82) is 0 Å². The first-order valence-electron chi connectivity index (χ1n) is 20.6. The fraction of sp³-hybridized carbons (Fsp3) is 0.591. The number of fused-ring (bicyclic) bond motifs is 10. The van der Waals surface area contributed by atoms with Crippen LogP contribution >= 0.6 is 0 Å². The molecule has 0 aromatic heterocycles. The average Bonchev–Trinajstić information content (AvgIpc) is 4.06.